The number of benzene rings is 1. The van der Waals surface area contributed by atoms with Gasteiger partial charge in [-0.1, -0.05) is 44.1 Å². The number of aliphatic hydroxyl groups is 1. The molecule has 0 aromatic heterocycles. The predicted molar refractivity (Wildman–Crippen MR) is 115 cm³/mol. The zero-order valence-corrected chi connectivity index (χ0v) is 18.2. The lowest BCUT2D eigenvalue weighted by atomic mass is 9.93. The Labute approximate surface area is 165 Å². The van der Waals surface area contributed by atoms with Gasteiger partial charge in [0.1, 0.15) is 11.5 Å². The van der Waals surface area contributed by atoms with E-state index in [2.05, 4.69) is 26.8 Å². The molecule has 3 N–H and O–H groups in total. The Morgan fingerprint density at radius 2 is 1.63 bits per heavy atom. The van der Waals surface area contributed by atoms with Crippen LogP contribution in [0.25, 0.3) is 6.08 Å². The minimum absolute atomic E-state index is 0.163. The fourth-order valence-electron chi connectivity index (χ4n) is 3.20. The molecule has 0 aliphatic carbocycles. The Hall–Kier alpha value is -1.74. The topological polar surface area (TPSA) is 60.7 Å². The van der Waals surface area contributed by atoms with Crippen molar-refractivity contribution in [2.45, 2.75) is 86.2 Å². The van der Waals surface area contributed by atoms with Gasteiger partial charge in [0, 0.05) is 11.1 Å². The second kappa shape index (κ2) is 9.98. The van der Waals surface area contributed by atoms with E-state index in [1.165, 1.54) is 18.4 Å². The minimum Gasteiger partial charge on any atom is -0.507 e. The van der Waals surface area contributed by atoms with Crippen molar-refractivity contribution in [3.63, 3.8) is 0 Å². The first-order valence-corrected chi connectivity index (χ1v) is 10.0. The average molecular weight is 375 g/mol. The van der Waals surface area contributed by atoms with E-state index in [0.717, 1.165) is 18.8 Å². The van der Waals surface area contributed by atoms with Gasteiger partial charge in [-0.2, -0.15) is 0 Å². The van der Waals surface area contributed by atoms with Gasteiger partial charge >= 0.3 is 0 Å². The van der Waals surface area contributed by atoms with Crippen LogP contribution in [0.1, 0.15) is 82.1 Å². The maximum absolute atomic E-state index is 10.7. The van der Waals surface area contributed by atoms with Crippen molar-refractivity contribution in [2.24, 2.45) is 5.92 Å². The first-order valence-electron chi connectivity index (χ1n) is 10.0. The number of phenols is 2. The SMILES string of the molecule is CC(=CCCC(C)(O)C=Cc1c(C)c(O)c(C)c(C)c1O)CCCC(C)C. The van der Waals surface area contributed by atoms with Crippen LogP contribution in [-0.4, -0.2) is 20.9 Å². The van der Waals surface area contributed by atoms with Crippen LogP contribution < -0.4 is 0 Å². The lowest BCUT2D eigenvalue weighted by Gasteiger charge is -2.19. The quantitative estimate of drug-likeness (QED) is 0.349. The molecule has 1 rings (SSSR count). The second-order valence-electron chi connectivity index (χ2n) is 8.55. The number of phenolic OH excluding ortho intramolecular Hbond substituents is 2. The number of hydrogen-bond donors (Lipinski definition) is 3. The summed E-state index contributed by atoms with van der Waals surface area (Å²) in [6.07, 6.45) is 10.7. The second-order valence-corrected chi connectivity index (χ2v) is 8.55. The van der Waals surface area contributed by atoms with Gasteiger partial charge in [-0.3, -0.25) is 0 Å². The van der Waals surface area contributed by atoms with Crippen LogP contribution >= 0.6 is 0 Å². The van der Waals surface area contributed by atoms with Gasteiger partial charge < -0.3 is 15.3 Å². The number of rotatable bonds is 9. The van der Waals surface area contributed by atoms with Gasteiger partial charge in [0.2, 0.25) is 0 Å². The monoisotopic (exact) mass is 374 g/mol. The van der Waals surface area contributed by atoms with Gasteiger partial charge in [-0.25, -0.2) is 0 Å². The van der Waals surface area contributed by atoms with Gasteiger partial charge in [0.05, 0.1) is 5.60 Å². The molecule has 1 atom stereocenters. The van der Waals surface area contributed by atoms with Gasteiger partial charge in [-0.15, -0.1) is 0 Å². The van der Waals surface area contributed by atoms with E-state index >= 15 is 0 Å². The summed E-state index contributed by atoms with van der Waals surface area (Å²) in [6, 6.07) is 0. The van der Waals surface area contributed by atoms with Crippen LogP contribution in [0.15, 0.2) is 17.7 Å². The first kappa shape index (κ1) is 23.3. The molecule has 0 saturated heterocycles. The van der Waals surface area contributed by atoms with Gasteiger partial charge in [0.15, 0.2) is 0 Å². The lowest BCUT2D eigenvalue weighted by Crippen LogP contribution is -2.20. The Bertz CT molecular complexity index is 665. The molecule has 0 aliphatic heterocycles. The summed E-state index contributed by atoms with van der Waals surface area (Å²) in [7, 11) is 0. The highest BCUT2D eigenvalue weighted by atomic mass is 16.3. The summed E-state index contributed by atoms with van der Waals surface area (Å²) < 4.78 is 0. The molecule has 27 heavy (non-hydrogen) atoms. The van der Waals surface area contributed by atoms with E-state index in [0.29, 0.717) is 28.7 Å². The van der Waals surface area contributed by atoms with E-state index in [4.69, 9.17) is 0 Å². The molecule has 152 valence electrons. The third-order valence-electron chi connectivity index (χ3n) is 5.39. The first-order chi connectivity index (χ1) is 12.5. The van der Waals surface area contributed by atoms with Crippen molar-refractivity contribution in [2.75, 3.05) is 0 Å². The summed E-state index contributed by atoms with van der Waals surface area (Å²) in [4.78, 5) is 0. The zero-order valence-electron chi connectivity index (χ0n) is 18.2. The Kier molecular flexibility index (Phi) is 8.61. The molecule has 0 saturated carbocycles. The highest BCUT2D eigenvalue weighted by molar-refractivity contribution is 5.69. The summed E-state index contributed by atoms with van der Waals surface area (Å²) >= 11 is 0. The summed E-state index contributed by atoms with van der Waals surface area (Å²) in [5.41, 5.74) is 2.95. The standard InChI is InChI=1S/C24H38O3/c1-16(2)10-8-11-17(3)12-9-14-24(7,27)15-13-21-20(6)22(25)18(4)19(5)23(21)26/h12-13,15-16,25-27H,8-11,14H2,1-7H3. The predicted octanol–water partition coefficient (Wildman–Crippen LogP) is 6.34. The molecule has 0 bridgehead atoms. The van der Waals surface area contributed by atoms with Crippen LogP contribution in [0.4, 0.5) is 0 Å². The van der Waals surface area contributed by atoms with Crippen LogP contribution in [0.5, 0.6) is 11.5 Å². The van der Waals surface area contributed by atoms with Crippen molar-refractivity contribution < 1.29 is 15.3 Å². The fraction of sp³-hybridized carbons (Fsp3) is 0.583. The zero-order chi connectivity index (χ0) is 20.8. The van der Waals surface area contributed by atoms with E-state index in [9.17, 15) is 15.3 Å². The Morgan fingerprint density at radius 1 is 1.04 bits per heavy atom. The number of allylic oxidation sites excluding steroid dienone is 2. The molecule has 3 nitrogen and oxygen atoms in total. The van der Waals surface area contributed by atoms with Crippen molar-refractivity contribution >= 4 is 6.08 Å². The minimum atomic E-state index is -0.970. The van der Waals surface area contributed by atoms with Crippen LogP contribution in [0.2, 0.25) is 0 Å². The van der Waals surface area contributed by atoms with Crippen LogP contribution in [-0.2, 0) is 0 Å². The molecule has 0 fully saturated rings. The van der Waals surface area contributed by atoms with Crippen molar-refractivity contribution in [1.82, 2.24) is 0 Å². The van der Waals surface area contributed by atoms with Gasteiger partial charge in [-0.05, 0) is 77.3 Å². The highest BCUT2D eigenvalue weighted by Crippen LogP contribution is 2.37. The van der Waals surface area contributed by atoms with Crippen LogP contribution in [0, 0.1) is 26.7 Å². The molecule has 1 aromatic carbocycles. The molecule has 0 aliphatic rings. The molecule has 3 heteroatoms. The molecular weight excluding hydrogens is 336 g/mol. The normalized spacial score (nSPS) is 14.9. The fourth-order valence-corrected chi connectivity index (χ4v) is 3.20. The number of hydrogen-bond acceptors (Lipinski definition) is 3. The van der Waals surface area contributed by atoms with Crippen LogP contribution in [0.3, 0.4) is 0 Å². The van der Waals surface area contributed by atoms with Crippen molar-refractivity contribution in [3.05, 3.63) is 40.0 Å². The third-order valence-corrected chi connectivity index (χ3v) is 5.39. The third kappa shape index (κ3) is 7.06. The maximum Gasteiger partial charge on any atom is 0.126 e. The van der Waals surface area contributed by atoms with E-state index in [1.807, 2.05) is 0 Å². The number of aromatic hydroxyl groups is 2. The molecule has 1 aromatic rings. The molecule has 1 unspecified atom stereocenters. The summed E-state index contributed by atoms with van der Waals surface area (Å²) in [6.45, 7) is 13.8. The summed E-state index contributed by atoms with van der Waals surface area (Å²) in [5, 5.41) is 31.3. The molecule has 0 heterocycles. The summed E-state index contributed by atoms with van der Waals surface area (Å²) in [5.74, 6) is 1.11. The molecular formula is C24H38O3. The molecule has 0 amide bonds. The molecule has 0 radical (unpaired) electrons. The van der Waals surface area contributed by atoms with E-state index in [-0.39, 0.29) is 11.5 Å². The Morgan fingerprint density at radius 3 is 2.22 bits per heavy atom. The van der Waals surface area contributed by atoms with Crippen molar-refractivity contribution in [3.8, 4) is 11.5 Å². The van der Waals surface area contributed by atoms with Gasteiger partial charge in [0.25, 0.3) is 0 Å². The van der Waals surface area contributed by atoms with E-state index in [1.54, 1.807) is 39.8 Å². The van der Waals surface area contributed by atoms with E-state index < -0.39 is 5.60 Å². The largest absolute Gasteiger partial charge is 0.507 e. The highest BCUT2D eigenvalue weighted by Gasteiger charge is 2.18. The maximum atomic E-state index is 10.7. The Balaban J connectivity index is 2.76. The van der Waals surface area contributed by atoms with Crippen molar-refractivity contribution in [1.29, 1.82) is 0 Å². The average Bonchev–Trinajstić information content (AvgIpc) is 2.57. The smallest absolute Gasteiger partial charge is 0.126 e. The lowest BCUT2D eigenvalue weighted by molar-refractivity contribution is 0.104. The molecule has 0 spiro atoms.